The Kier molecular flexibility index (Phi) is 6.33. The molecule has 4 N–H and O–H groups in total. The van der Waals surface area contributed by atoms with Gasteiger partial charge in [0.25, 0.3) is 5.91 Å². The Morgan fingerprint density at radius 3 is 2.65 bits per heavy atom. The van der Waals surface area contributed by atoms with Gasteiger partial charge >= 0.3 is 0 Å². The van der Waals surface area contributed by atoms with E-state index in [2.05, 4.69) is 20.7 Å². The van der Waals surface area contributed by atoms with E-state index in [1.807, 2.05) is 27.7 Å². The summed E-state index contributed by atoms with van der Waals surface area (Å²) < 4.78 is 5.36. The molecule has 0 atom stereocenters. The highest BCUT2D eigenvalue weighted by molar-refractivity contribution is 5.97. The summed E-state index contributed by atoms with van der Waals surface area (Å²) >= 11 is 0. The lowest BCUT2D eigenvalue weighted by Crippen LogP contribution is -2.30. The number of nitrogen functional groups attached to an aromatic ring is 1. The molecule has 1 amide bonds. The van der Waals surface area contributed by atoms with E-state index in [4.69, 9.17) is 10.6 Å². The van der Waals surface area contributed by atoms with E-state index in [1.54, 1.807) is 0 Å². The van der Waals surface area contributed by atoms with Crippen molar-refractivity contribution in [1.82, 2.24) is 15.3 Å². The van der Waals surface area contributed by atoms with Crippen molar-refractivity contribution in [2.45, 2.75) is 39.7 Å². The maximum atomic E-state index is 12.1. The van der Waals surface area contributed by atoms with Crippen molar-refractivity contribution in [3.63, 3.8) is 0 Å². The zero-order valence-corrected chi connectivity index (χ0v) is 12.4. The molecule has 0 aliphatic rings. The number of carbonyl (C=O) groups excluding carboxylic acids is 1. The fourth-order valence-electron chi connectivity index (χ4n) is 1.50. The molecule has 112 valence electrons. The Morgan fingerprint density at radius 1 is 1.40 bits per heavy atom. The van der Waals surface area contributed by atoms with Crippen molar-refractivity contribution in [3.05, 3.63) is 17.7 Å². The minimum absolute atomic E-state index is 0.137. The molecule has 0 radical (unpaired) electrons. The molecule has 0 aromatic carbocycles. The molecular formula is C13H23N5O2. The molecule has 1 heterocycles. The van der Waals surface area contributed by atoms with Gasteiger partial charge in [0.2, 0.25) is 0 Å². The van der Waals surface area contributed by atoms with Gasteiger partial charge in [0, 0.05) is 12.5 Å². The second-order valence-corrected chi connectivity index (χ2v) is 4.96. The quantitative estimate of drug-likeness (QED) is 0.392. The predicted octanol–water partition coefficient (Wildman–Crippen LogP) is 1.04. The SMILES string of the molecule is CC(C)OCCNC(=O)c1nc(C(C)C)ncc1NN. The number of anilines is 1. The van der Waals surface area contributed by atoms with Crippen LogP contribution in [0.1, 0.15) is 49.9 Å². The number of aromatic nitrogens is 2. The molecule has 0 unspecified atom stereocenters. The minimum atomic E-state index is -0.297. The van der Waals surface area contributed by atoms with Gasteiger partial charge in [-0.05, 0) is 13.8 Å². The van der Waals surface area contributed by atoms with Gasteiger partial charge in [0.05, 0.1) is 24.6 Å². The third-order valence-corrected chi connectivity index (χ3v) is 2.53. The largest absolute Gasteiger partial charge is 0.377 e. The highest BCUT2D eigenvalue weighted by Gasteiger charge is 2.15. The fraction of sp³-hybridized carbons (Fsp3) is 0.615. The molecule has 0 bridgehead atoms. The number of ether oxygens (including phenoxy) is 1. The van der Waals surface area contributed by atoms with Crippen LogP contribution in [-0.4, -0.2) is 35.1 Å². The Bertz CT molecular complexity index is 448. The molecule has 0 aliphatic heterocycles. The monoisotopic (exact) mass is 281 g/mol. The first-order chi connectivity index (χ1) is 9.45. The molecule has 0 aliphatic carbocycles. The summed E-state index contributed by atoms with van der Waals surface area (Å²) in [5, 5.41) is 2.75. The maximum Gasteiger partial charge on any atom is 0.272 e. The highest BCUT2D eigenvalue weighted by atomic mass is 16.5. The van der Waals surface area contributed by atoms with E-state index in [0.29, 0.717) is 24.7 Å². The van der Waals surface area contributed by atoms with Crippen LogP contribution >= 0.6 is 0 Å². The Balaban J connectivity index is 2.72. The van der Waals surface area contributed by atoms with Crippen molar-refractivity contribution in [1.29, 1.82) is 0 Å². The van der Waals surface area contributed by atoms with Crippen molar-refractivity contribution in [3.8, 4) is 0 Å². The van der Waals surface area contributed by atoms with Gasteiger partial charge in [0.1, 0.15) is 5.82 Å². The minimum Gasteiger partial charge on any atom is -0.377 e. The Morgan fingerprint density at radius 2 is 2.10 bits per heavy atom. The lowest BCUT2D eigenvalue weighted by atomic mass is 10.2. The third kappa shape index (κ3) is 4.75. The summed E-state index contributed by atoms with van der Waals surface area (Å²) in [6, 6.07) is 0. The second kappa shape index (κ2) is 7.76. The smallest absolute Gasteiger partial charge is 0.272 e. The molecule has 0 saturated carbocycles. The number of nitrogens with one attached hydrogen (secondary N) is 2. The zero-order chi connectivity index (χ0) is 15.1. The van der Waals surface area contributed by atoms with Crippen LogP contribution in [0.3, 0.4) is 0 Å². The number of carbonyl (C=O) groups is 1. The number of hydrogen-bond acceptors (Lipinski definition) is 6. The predicted molar refractivity (Wildman–Crippen MR) is 77.4 cm³/mol. The van der Waals surface area contributed by atoms with E-state index >= 15 is 0 Å². The summed E-state index contributed by atoms with van der Waals surface area (Å²) in [6.45, 7) is 8.68. The number of hydrogen-bond donors (Lipinski definition) is 3. The molecule has 0 saturated heterocycles. The van der Waals surface area contributed by atoms with E-state index in [0.717, 1.165) is 0 Å². The van der Waals surface area contributed by atoms with Gasteiger partial charge in [-0.2, -0.15) is 0 Å². The Hall–Kier alpha value is -1.73. The summed E-state index contributed by atoms with van der Waals surface area (Å²) in [7, 11) is 0. The topological polar surface area (TPSA) is 102 Å². The first-order valence-electron chi connectivity index (χ1n) is 6.69. The number of rotatable bonds is 7. The lowest BCUT2D eigenvalue weighted by Gasteiger charge is -2.12. The van der Waals surface area contributed by atoms with Crippen LogP contribution in [0.2, 0.25) is 0 Å². The number of nitrogens with two attached hydrogens (primary N) is 1. The van der Waals surface area contributed by atoms with Gasteiger partial charge in [-0.15, -0.1) is 0 Å². The van der Waals surface area contributed by atoms with Crippen LogP contribution in [0.15, 0.2) is 6.20 Å². The van der Waals surface area contributed by atoms with Crippen molar-refractivity contribution < 1.29 is 9.53 Å². The molecular weight excluding hydrogens is 258 g/mol. The molecule has 20 heavy (non-hydrogen) atoms. The molecule has 1 aromatic rings. The van der Waals surface area contributed by atoms with E-state index in [9.17, 15) is 4.79 Å². The van der Waals surface area contributed by atoms with Gasteiger partial charge in [-0.1, -0.05) is 13.8 Å². The first kappa shape index (κ1) is 16.3. The highest BCUT2D eigenvalue weighted by Crippen LogP contribution is 2.15. The van der Waals surface area contributed by atoms with Crippen LogP contribution < -0.4 is 16.6 Å². The fourth-order valence-corrected chi connectivity index (χ4v) is 1.50. The van der Waals surface area contributed by atoms with Crippen molar-refractivity contribution in [2.75, 3.05) is 18.6 Å². The van der Waals surface area contributed by atoms with Crippen LogP contribution in [0.4, 0.5) is 5.69 Å². The molecule has 0 spiro atoms. The summed E-state index contributed by atoms with van der Waals surface area (Å²) in [6.07, 6.45) is 1.65. The number of nitrogens with zero attached hydrogens (tertiary/aromatic N) is 2. The van der Waals surface area contributed by atoms with E-state index in [-0.39, 0.29) is 23.6 Å². The maximum absolute atomic E-state index is 12.1. The van der Waals surface area contributed by atoms with Gasteiger partial charge < -0.3 is 15.5 Å². The average Bonchev–Trinajstić information content (AvgIpc) is 2.42. The standard InChI is InChI=1S/C13H23N5O2/c1-8(2)12-16-7-10(18-14)11(17-12)13(19)15-5-6-20-9(3)4/h7-9,18H,5-6,14H2,1-4H3,(H,15,19). The van der Waals surface area contributed by atoms with Gasteiger partial charge in [0.15, 0.2) is 5.69 Å². The average molecular weight is 281 g/mol. The third-order valence-electron chi connectivity index (χ3n) is 2.53. The molecule has 0 fully saturated rings. The summed E-state index contributed by atoms with van der Waals surface area (Å²) in [5.74, 6) is 5.82. The van der Waals surface area contributed by atoms with Crippen molar-refractivity contribution in [2.24, 2.45) is 5.84 Å². The number of hydrazine groups is 1. The zero-order valence-electron chi connectivity index (χ0n) is 12.4. The first-order valence-corrected chi connectivity index (χ1v) is 6.69. The van der Waals surface area contributed by atoms with Crippen LogP contribution in [0, 0.1) is 0 Å². The van der Waals surface area contributed by atoms with E-state index < -0.39 is 0 Å². The molecule has 1 rings (SSSR count). The molecule has 7 heteroatoms. The van der Waals surface area contributed by atoms with Crippen LogP contribution in [0.25, 0.3) is 0 Å². The Labute approximate surface area is 119 Å². The van der Waals surface area contributed by atoms with Crippen LogP contribution in [0.5, 0.6) is 0 Å². The van der Waals surface area contributed by atoms with E-state index in [1.165, 1.54) is 6.20 Å². The normalized spacial score (nSPS) is 10.9. The summed E-state index contributed by atoms with van der Waals surface area (Å²) in [5.41, 5.74) is 3.08. The molecule has 7 nitrogen and oxygen atoms in total. The summed E-state index contributed by atoms with van der Waals surface area (Å²) in [4.78, 5) is 20.5. The number of amides is 1. The van der Waals surface area contributed by atoms with Gasteiger partial charge in [-0.3, -0.25) is 10.6 Å². The second-order valence-electron chi connectivity index (χ2n) is 4.96. The van der Waals surface area contributed by atoms with Crippen molar-refractivity contribution >= 4 is 11.6 Å². The van der Waals surface area contributed by atoms with Crippen LogP contribution in [-0.2, 0) is 4.74 Å². The van der Waals surface area contributed by atoms with Gasteiger partial charge in [-0.25, -0.2) is 9.97 Å². The lowest BCUT2D eigenvalue weighted by molar-refractivity contribution is 0.0745. The molecule has 1 aromatic heterocycles.